The highest BCUT2D eigenvalue weighted by atomic mass is 14.9. The highest BCUT2D eigenvalue weighted by molar-refractivity contribution is 5.83. The predicted molar refractivity (Wildman–Crippen MR) is 78.5 cm³/mol. The van der Waals surface area contributed by atoms with Gasteiger partial charge in [-0.1, -0.05) is 37.0 Å². The minimum Gasteiger partial charge on any atom is -0.336 e. The quantitative estimate of drug-likeness (QED) is 0.690. The second-order valence-electron chi connectivity index (χ2n) is 5.70. The molecule has 1 heterocycles. The van der Waals surface area contributed by atoms with Crippen LogP contribution >= 0.6 is 0 Å². The maximum absolute atomic E-state index is 3.29. The predicted octanol–water partition coefficient (Wildman–Crippen LogP) is 4.25. The molecule has 2 rings (SSSR count). The van der Waals surface area contributed by atoms with Crippen molar-refractivity contribution in [3.05, 3.63) is 36.0 Å². The molecule has 0 aliphatic rings. The van der Waals surface area contributed by atoms with E-state index in [4.69, 9.17) is 0 Å². The summed E-state index contributed by atoms with van der Waals surface area (Å²) in [5.41, 5.74) is 2.81. The zero-order chi connectivity index (χ0) is 13.2. The van der Waals surface area contributed by atoms with Crippen LogP contribution in [0.25, 0.3) is 10.9 Å². The molecule has 0 aliphatic heterocycles. The Bertz CT molecular complexity index is 600. The molecule has 2 aromatic rings. The molecule has 0 aliphatic carbocycles. The number of benzene rings is 1. The highest BCUT2D eigenvalue weighted by Crippen LogP contribution is 2.20. The number of rotatable bonds is 2. The first-order valence-corrected chi connectivity index (χ1v) is 6.58. The van der Waals surface area contributed by atoms with Gasteiger partial charge in [-0.15, -0.1) is 0 Å². The van der Waals surface area contributed by atoms with E-state index in [-0.39, 0.29) is 5.41 Å². The summed E-state index contributed by atoms with van der Waals surface area (Å²) < 4.78 is 2.26. The number of hydrogen-bond acceptors (Lipinski definition) is 0. The van der Waals surface area contributed by atoms with Crippen LogP contribution in [0, 0.1) is 17.3 Å². The van der Waals surface area contributed by atoms with Crippen LogP contribution in [0.1, 0.15) is 33.3 Å². The van der Waals surface area contributed by atoms with Gasteiger partial charge in [0.05, 0.1) is 12.1 Å². The molecule has 0 radical (unpaired) electrons. The first-order chi connectivity index (χ1) is 8.51. The molecule has 18 heavy (non-hydrogen) atoms. The highest BCUT2D eigenvalue weighted by Gasteiger charge is 2.05. The van der Waals surface area contributed by atoms with Crippen molar-refractivity contribution in [2.75, 3.05) is 0 Å². The van der Waals surface area contributed by atoms with Gasteiger partial charge in [-0.3, -0.25) is 0 Å². The van der Waals surface area contributed by atoms with E-state index in [2.05, 4.69) is 74.6 Å². The molecular weight excluding hydrogens is 218 g/mol. The van der Waals surface area contributed by atoms with Gasteiger partial charge in [0.25, 0.3) is 0 Å². The number of para-hydroxylation sites is 1. The van der Waals surface area contributed by atoms with Crippen LogP contribution in [-0.4, -0.2) is 4.57 Å². The van der Waals surface area contributed by atoms with Gasteiger partial charge >= 0.3 is 0 Å². The summed E-state index contributed by atoms with van der Waals surface area (Å²) in [4.78, 5) is 0. The topological polar surface area (TPSA) is 4.93 Å². The fourth-order valence-corrected chi connectivity index (χ4v) is 2.15. The van der Waals surface area contributed by atoms with Crippen LogP contribution in [0.5, 0.6) is 0 Å². The molecule has 0 amide bonds. The molecule has 94 valence electrons. The Morgan fingerprint density at radius 2 is 1.94 bits per heavy atom. The maximum Gasteiger partial charge on any atom is 0.0837 e. The number of hydrogen-bond donors (Lipinski definition) is 0. The number of aryl methyl sites for hydroxylation is 1. The molecule has 0 unspecified atom stereocenters. The van der Waals surface area contributed by atoms with Gasteiger partial charge in [-0.25, -0.2) is 0 Å². The van der Waals surface area contributed by atoms with Crippen LogP contribution in [0.2, 0.25) is 0 Å². The van der Waals surface area contributed by atoms with Crippen molar-refractivity contribution in [2.24, 2.45) is 5.41 Å². The molecule has 0 atom stereocenters. The zero-order valence-corrected chi connectivity index (χ0v) is 11.7. The molecular formula is C17H21N. The van der Waals surface area contributed by atoms with Crippen LogP contribution in [-0.2, 0) is 13.0 Å². The third kappa shape index (κ3) is 2.76. The van der Waals surface area contributed by atoms with E-state index in [1.165, 1.54) is 16.5 Å². The molecule has 1 aromatic carbocycles. The third-order valence-electron chi connectivity index (χ3n) is 2.97. The Labute approximate surface area is 110 Å². The van der Waals surface area contributed by atoms with E-state index in [1.54, 1.807) is 0 Å². The Kier molecular flexibility index (Phi) is 3.48. The lowest BCUT2D eigenvalue weighted by Gasteiger charge is -2.08. The maximum atomic E-state index is 3.29. The van der Waals surface area contributed by atoms with E-state index in [0.29, 0.717) is 0 Å². The zero-order valence-electron chi connectivity index (χ0n) is 11.7. The fraction of sp³-hybridized carbons (Fsp3) is 0.412. The normalized spacial score (nSPS) is 11.3. The molecule has 1 nitrogen and oxygen atoms in total. The van der Waals surface area contributed by atoms with Crippen molar-refractivity contribution >= 4 is 10.9 Å². The average Bonchev–Trinajstić information content (AvgIpc) is 2.71. The minimum absolute atomic E-state index is 0.0799. The lowest BCUT2D eigenvalue weighted by molar-refractivity contribution is 0.569. The first kappa shape index (κ1) is 12.8. The Morgan fingerprint density at radius 3 is 2.61 bits per heavy atom. The van der Waals surface area contributed by atoms with Crippen LogP contribution < -0.4 is 0 Å². The molecule has 0 spiro atoms. The lowest BCUT2D eigenvalue weighted by atomic mass is 9.98. The fourth-order valence-electron chi connectivity index (χ4n) is 2.15. The number of fused-ring (bicyclic) bond motifs is 1. The molecule has 0 saturated carbocycles. The summed E-state index contributed by atoms with van der Waals surface area (Å²) in [6, 6.07) is 8.68. The average molecular weight is 239 g/mol. The SMILES string of the molecule is CCc1cccc2ccn(CC#CC(C)(C)C)c12. The lowest BCUT2D eigenvalue weighted by Crippen LogP contribution is -2.01. The van der Waals surface area contributed by atoms with E-state index in [0.717, 1.165) is 13.0 Å². The van der Waals surface area contributed by atoms with Gasteiger partial charge in [0.2, 0.25) is 0 Å². The third-order valence-corrected chi connectivity index (χ3v) is 2.97. The van der Waals surface area contributed by atoms with Crippen LogP contribution in [0.15, 0.2) is 30.5 Å². The molecule has 1 aromatic heterocycles. The molecule has 0 bridgehead atoms. The van der Waals surface area contributed by atoms with E-state index >= 15 is 0 Å². The van der Waals surface area contributed by atoms with E-state index < -0.39 is 0 Å². The van der Waals surface area contributed by atoms with Gasteiger partial charge in [0.15, 0.2) is 0 Å². The Morgan fingerprint density at radius 1 is 1.17 bits per heavy atom. The van der Waals surface area contributed by atoms with Crippen molar-refractivity contribution in [1.29, 1.82) is 0 Å². The number of nitrogens with zero attached hydrogens (tertiary/aromatic N) is 1. The van der Waals surface area contributed by atoms with Crippen molar-refractivity contribution in [3.8, 4) is 11.8 Å². The molecule has 0 fully saturated rings. The van der Waals surface area contributed by atoms with Gasteiger partial charge in [0.1, 0.15) is 0 Å². The van der Waals surface area contributed by atoms with Crippen molar-refractivity contribution in [1.82, 2.24) is 4.57 Å². The summed E-state index contributed by atoms with van der Waals surface area (Å²) in [6.07, 6.45) is 3.20. The Balaban J connectivity index is 2.36. The van der Waals surface area contributed by atoms with Crippen molar-refractivity contribution in [3.63, 3.8) is 0 Å². The summed E-state index contributed by atoms with van der Waals surface area (Å²) in [5.74, 6) is 6.58. The summed E-state index contributed by atoms with van der Waals surface area (Å²) >= 11 is 0. The smallest absolute Gasteiger partial charge is 0.0837 e. The van der Waals surface area contributed by atoms with Gasteiger partial charge in [-0.05, 0) is 44.2 Å². The first-order valence-electron chi connectivity index (χ1n) is 6.58. The van der Waals surface area contributed by atoms with Crippen molar-refractivity contribution < 1.29 is 0 Å². The van der Waals surface area contributed by atoms with E-state index in [9.17, 15) is 0 Å². The van der Waals surface area contributed by atoms with Gasteiger partial charge < -0.3 is 4.57 Å². The second kappa shape index (κ2) is 4.90. The van der Waals surface area contributed by atoms with Gasteiger partial charge in [0, 0.05) is 11.6 Å². The standard InChI is InChI=1S/C17H21N/c1-5-14-8-6-9-15-10-13-18(16(14)15)12-7-11-17(2,3)4/h6,8-10,13H,5,12H2,1-4H3. The minimum atomic E-state index is 0.0799. The summed E-state index contributed by atoms with van der Waals surface area (Å²) in [7, 11) is 0. The Hall–Kier alpha value is -1.68. The summed E-state index contributed by atoms with van der Waals surface area (Å²) in [5, 5.41) is 1.31. The van der Waals surface area contributed by atoms with E-state index in [1.807, 2.05) is 0 Å². The molecule has 0 saturated heterocycles. The molecule has 1 heteroatoms. The number of aromatic nitrogens is 1. The van der Waals surface area contributed by atoms with Crippen molar-refractivity contribution in [2.45, 2.75) is 40.7 Å². The van der Waals surface area contributed by atoms with Crippen LogP contribution in [0.4, 0.5) is 0 Å². The van der Waals surface area contributed by atoms with Crippen LogP contribution in [0.3, 0.4) is 0 Å². The second-order valence-corrected chi connectivity index (χ2v) is 5.70. The monoisotopic (exact) mass is 239 g/mol. The van der Waals surface area contributed by atoms with Gasteiger partial charge in [-0.2, -0.15) is 0 Å². The largest absolute Gasteiger partial charge is 0.336 e. The summed E-state index contributed by atoms with van der Waals surface area (Å²) in [6.45, 7) is 9.41. The molecule has 0 N–H and O–H groups in total.